The lowest BCUT2D eigenvalue weighted by molar-refractivity contribution is 0.0293. The summed E-state index contributed by atoms with van der Waals surface area (Å²) >= 11 is 0. The molecule has 0 aromatic carbocycles. The summed E-state index contributed by atoms with van der Waals surface area (Å²) in [6, 6.07) is 0. The van der Waals surface area contributed by atoms with Crippen molar-refractivity contribution < 1.29 is 0 Å². The topological polar surface area (TPSA) is 0 Å². The van der Waals surface area contributed by atoms with Gasteiger partial charge in [-0.2, -0.15) is 0 Å². The Morgan fingerprint density at radius 3 is 2.12 bits per heavy atom. The van der Waals surface area contributed by atoms with Gasteiger partial charge in [0.15, 0.2) is 0 Å². The Morgan fingerprint density at radius 1 is 0.941 bits per heavy atom. The molecule has 0 amide bonds. The minimum absolute atomic E-state index is 0.902. The van der Waals surface area contributed by atoms with Crippen molar-refractivity contribution in [1.29, 1.82) is 0 Å². The highest BCUT2D eigenvalue weighted by Crippen LogP contribution is 2.51. The van der Waals surface area contributed by atoms with Gasteiger partial charge in [-0.25, -0.2) is 0 Å². The largest absolute Gasteiger partial charge is 0.0651 e. The molecule has 2 aliphatic rings. The molecule has 100 valence electrons. The average Bonchev–Trinajstić information content (AvgIpc) is 2.27. The molecule has 0 aliphatic heterocycles. The molecule has 2 aliphatic carbocycles. The Kier molecular flexibility index (Phi) is 4.94. The van der Waals surface area contributed by atoms with Crippen LogP contribution in [0.1, 0.15) is 78.6 Å². The minimum Gasteiger partial charge on any atom is -0.0651 e. The zero-order chi connectivity index (χ0) is 12.3. The van der Waals surface area contributed by atoms with Crippen molar-refractivity contribution in [2.45, 2.75) is 78.6 Å². The van der Waals surface area contributed by atoms with Crippen molar-refractivity contribution in [2.75, 3.05) is 0 Å². The number of hydrogen-bond donors (Lipinski definition) is 0. The van der Waals surface area contributed by atoms with Crippen LogP contribution in [0.5, 0.6) is 0 Å². The third-order valence-electron chi connectivity index (χ3n) is 5.58. The van der Waals surface area contributed by atoms with E-state index in [0.717, 1.165) is 29.6 Å². The van der Waals surface area contributed by atoms with Crippen molar-refractivity contribution in [3.63, 3.8) is 0 Å². The van der Waals surface area contributed by atoms with E-state index in [9.17, 15) is 0 Å². The summed E-state index contributed by atoms with van der Waals surface area (Å²) in [7, 11) is 0. The quantitative estimate of drug-likeness (QED) is 0.522. The molecule has 0 N–H and O–H groups in total. The normalized spacial score (nSPS) is 36.7. The smallest absolute Gasteiger partial charge is 0.0383 e. The van der Waals surface area contributed by atoms with Gasteiger partial charge in [-0.3, -0.25) is 0 Å². The lowest BCUT2D eigenvalue weighted by Crippen LogP contribution is -2.37. The first kappa shape index (κ1) is 13.4. The first-order chi connectivity index (χ1) is 8.20. The molecule has 0 heterocycles. The summed E-state index contributed by atoms with van der Waals surface area (Å²) in [5.74, 6) is 5.36. The van der Waals surface area contributed by atoms with Crippen molar-refractivity contribution >= 4 is 0 Å². The van der Waals surface area contributed by atoms with Gasteiger partial charge in [-0.15, -0.1) is 0 Å². The summed E-state index contributed by atoms with van der Waals surface area (Å²) in [5, 5.41) is 0. The van der Waals surface area contributed by atoms with Crippen LogP contribution in [0.3, 0.4) is 0 Å². The molecule has 0 nitrogen and oxygen atoms in total. The molecular formula is C17H32. The van der Waals surface area contributed by atoms with Crippen LogP contribution in [0.4, 0.5) is 0 Å². The molecule has 0 radical (unpaired) electrons. The lowest BCUT2D eigenvalue weighted by Gasteiger charge is -2.48. The number of unbranched alkanes of at least 4 members (excludes halogenated alkanes) is 1. The van der Waals surface area contributed by atoms with Crippen LogP contribution >= 0.6 is 0 Å². The first-order valence-corrected chi connectivity index (χ1v) is 8.20. The number of rotatable bonds is 6. The second-order valence-corrected chi connectivity index (χ2v) is 7.18. The van der Waals surface area contributed by atoms with Crippen molar-refractivity contribution in [3.8, 4) is 0 Å². The van der Waals surface area contributed by atoms with Gasteiger partial charge in [-0.1, -0.05) is 52.9 Å². The van der Waals surface area contributed by atoms with Gasteiger partial charge < -0.3 is 0 Å². The van der Waals surface area contributed by atoms with Gasteiger partial charge >= 0.3 is 0 Å². The second kappa shape index (κ2) is 6.25. The summed E-state index contributed by atoms with van der Waals surface area (Å²) in [6.07, 6.45) is 13.7. The summed E-state index contributed by atoms with van der Waals surface area (Å²) in [4.78, 5) is 0. The van der Waals surface area contributed by atoms with Crippen molar-refractivity contribution in [2.24, 2.45) is 29.6 Å². The fraction of sp³-hybridized carbons (Fsp3) is 1.00. The molecule has 2 fully saturated rings. The Labute approximate surface area is 109 Å². The Morgan fingerprint density at radius 2 is 1.59 bits per heavy atom. The Balaban J connectivity index is 1.70. The number of hydrogen-bond acceptors (Lipinski definition) is 0. The van der Waals surface area contributed by atoms with Gasteiger partial charge in [-0.05, 0) is 55.3 Å². The van der Waals surface area contributed by atoms with E-state index in [0.29, 0.717) is 0 Å². The second-order valence-electron chi connectivity index (χ2n) is 7.18. The van der Waals surface area contributed by atoms with E-state index >= 15 is 0 Å². The van der Waals surface area contributed by atoms with Gasteiger partial charge in [0.25, 0.3) is 0 Å². The van der Waals surface area contributed by atoms with Crippen LogP contribution in [0, 0.1) is 29.6 Å². The monoisotopic (exact) mass is 236 g/mol. The highest BCUT2D eigenvalue weighted by atomic mass is 14.5. The van der Waals surface area contributed by atoms with Crippen LogP contribution in [0.2, 0.25) is 0 Å². The average molecular weight is 236 g/mol. The summed E-state index contributed by atoms with van der Waals surface area (Å²) in [5.41, 5.74) is 0. The molecule has 0 spiro atoms. The molecule has 0 aromatic heterocycles. The summed E-state index contributed by atoms with van der Waals surface area (Å²) in [6.45, 7) is 7.13. The van der Waals surface area contributed by atoms with Gasteiger partial charge in [0.1, 0.15) is 0 Å². The van der Waals surface area contributed by atoms with E-state index < -0.39 is 0 Å². The molecule has 0 heteroatoms. The Bertz CT molecular complexity index is 218. The molecule has 4 unspecified atom stereocenters. The standard InChI is InChI=1S/C17H32/c1-4-14-11-16-9-10-17(16)12-15(14)8-6-5-7-13(2)3/h13-17H,4-12H2,1-3H3. The van der Waals surface area contributed by atoms with Crippen LogP contribution in [-0.2, 0) is 0 Å². The molecule has 0 saturated heterocycles. The molecule has 0 aromatic rings. The van der Waals surface area contributed by atoms with Crippen molar-refractivity contribution in [1.82, 2.24) is 0 Å². The van der Waals surface area contributed by atoms with Crippen LogP contribution in [-0.4, -0.2) is 0 Å². The SMILES string of the molecule is CCC1CC2CCC2CC1CCCCC(C)C. The summed E-state index contributed by atoms with van der Waals surface area (Å²) < 4.78 is 0. The van der Waals surface area contributed by atoms with E-state index in [1.807, 2.05) is 0 Å². The van der Waals surface area contributed by atoms with Crippen LogP contribution in [0.25, 0.3) is 0 Å². The van der Waals surface area contributed by atoms with E-state index in [2.05, 4.69) is 20.8 Å². The zero-order valence-corrected chi connectivity index (χ0v) is 12.3. The molecular weight excluding hydrogens is 204 g/mol. The lowest BCUT2D eigenvalue weighted by atomic mass is 9.58. The fourth-order valence-corrected chi connectivity index (χ4v) is 4.23. The minimum atomic E-state index is 0.902. The van der Waals surface area contributed by atoms with E-state index in [1.165, 1.54) is 32.1 Å². The molecule has 4 atom stereocenters. The highest BCUT2D eigenvalue weighted by Gasteiger charge is 2.40. The van der Waals surface area contributed by atoms with Crippen LogP contribution < -0.4 is 0 Å². The first-order valence-electron chi connectivity index (χ1n) is 8.20. The predicted octanol–water partition coefficient (Wildman–Crippen LogP) is 5.67. The predicted molar refractivity (Wildman–Crippen MR) is 76.0 cm³/mol. The number of fused-ring (bicyclic) bond motifs is 1. The van der Waals surface area contributed by atoms with E-state index in [1.54, 1.807) is 25.7 Å². The van der Waals surface area contributed by atoms with Crippen molar-refractivity contribution in [3.05, 3.63) is 0 Å². The van der Waals surface area contributed by atoms with Gasteiger partial charge in [0.2, 0.25) is 0 Å². The van der Waals surface area contributed by atoms with Crippen LogP contribution in [0.15, 0.2) is 0 Å². The third kappa shape index (κ3) is 3.48. The molecule has 2 saturated carbocycles. The maximum atomic E-state index is 2.42. The fourth-order valence-electron chi connectivity index (χ4n) is 4.23. The maximum Gasteiger partial charge on any atom is -0.0383 e. The molecule has 0 bridgehead atoms. The maximum absolute atomic E-state index is 2.42. The molecule has 2 rings (SSSR count). The van der Waals surface area contributed by atoms with E-state index in [4.69, 9.17) is 0 Å². The van der Waals surface area contributed by atoms with E-state index in [-0.39, 0.29) is 0 Å². The Hall–Kier alpha value is 0. The van der Waals surface area contributed by atoms with Gasteiger partial charge in [0.05, 0.1) is 0 Å². The molecule has 17 heavy (non-hydrogen) atoms. The zero-order valence-electron chi connectivity index (χ0n) is 12.3. The van der Waals surface area contributed by atoms with Gasteiger partial charge in [0, 0.05) is 0 Å². The third-order valence-corrected chi connectivity index (χ3v) is 5.58. The highest BCUT2D eigenvalue weighted by molar-refractivity contribution is 4.91.